The largest absolute Gasteiger partial charge is 0.490 e. The Hall–Kier alpha value is -1.92. The minimum absolute atomic E-state index is 0.0363. The Bertz CT molecular complexity index is 509. The molecule has 7 heteroatoms. The van der Waals surface area contributed by atoms with Crippen LogP contribution in [0, 0.1) is 0 Å². The molecular weight excluding hydrogens is 273 g/mol. The summed E-state index contributed by atoms with van der Waals surface area (Å²) in [5.41, 5.74) is 3.93. The zero-order chi connectivity index (χ0) is 14.8. The number of hydrogen-bond acceptors (Lipinski definition) is 3. The molecule has 1 aromatic rings. The summed E-state index contributed by atoms with van der Waals surface area (Å²) in [6.07, 6.45) is -0.879. The minimum Gasteiger partial charge on any atom is -0.490 e. The van der Waals surface area contributed by atoms with Crippen LogP contribution in [0.3, 0.4) is 0 Å². The number of alkyl halides is 3. The molecule has 1 aromatic carbocycles. The van der Waals surface area contributed by atoms with Gasteiger partial charge in [-0.25, -0.2) is 0 Å². The van der Waals surface area contributed by atoms with Gasteiger partial charge in [0.1, 0.15) is 5.75 Å². The molecule has 0 bridgehead atoms. The van der Waals surface area contributed by atoms with Gasteiger partial charge in [0.15, 0.2) is 5.84 Å². The lowest BCUT2D eigenvalue weighted by Crippen LogP contribution is -2.20. The van der Waals surface area contributed by atoms with E-state index in [4.69, 9.17) is 15.7 Å². The molecule has 20 heavy (non-hydrogen) atoms. The van der Waals surface area contributed by atoms with Gasteiger partial charge in [-0.05, 0) is 43.9 Å². The molecule has 0 aromatic heterocycles. The van der Waals surface area contributed by atoms with E-state index in [-0.39, 0.29) is 17.4 Å². The van der Waals surface area contributed by atoms with Crippen LogP contribution in [0.4, 0.5) is 13.2 Å². The number of nitrogens with two attached hydrogens (primary N) is 1. The number of rotatable bonds is 3. The van der Waals surface area contributed by atoms with Gasteiger partial charge in [0.2, 0.25) is 0 Å². The fourth-order valence-electron chi connectivity index (χ4n) is 2.31. The molecular formula is C13H15F3N2O2. The fraction of sp³-hybridized carbons (Fsp3) is 0.462. The van der Waals surface area contributed by atoms with Crippen molar-refractivity contribution in [1.82, 2.24) is 0 Å². The monoisotopic (exact) mass is 288 g/mol. The summed E-state index contributed by atoms with van der Waals surface area (Å²) in [5, 5.41) is 11.2. The molecule has 1 aliphatic rings. The fourth-order valence-corrected chi connectivity index (χ4v) is 2.31. The predicted octanol–water partition coefficient (Wildman–Crippen LogP) is 3.12. The topological polar surface area (TPSA) is 67.8 Å². The predicted molar refractivity (Wildman–Crippen MR) is 66.8 cm³/mol. The van der Waals surface area contributed by atoms with Crippen LogP contribution in [-0.4, -0.2) is 17.1 Å². The van der Waals surface area contributed by atoms with Gasteiger partial charge in [0.05, 0.1) is 11.7 Å². The molecule has 1 saturated carbocycles. The second-order valence-corrected chi connectivity index (χ2v) is 4.71. The van der Waals surface area contributed by atoms with Crippen LogP contribution in [0.1, 0.15) is 36.8 Å². The summed E-state index contributed by atoms with van der Waals surface area (Å²) >= 11 is 0. The summed E-state index contributed by atoms with van der Waals surface area (Å²) in [5.74, 6) is -0.427. The normalized spacial score (nSPS) is 17.4. The molecule has 2 rings (SSSR count). The SMILES string of the molecule is N/C(=N\O)c1ccc(OC2CCCC2)cc1C(F)(F)F. The van der Waals surface area contributed by atoms with E-state index in [1.54, 1.807) is 0 Å². The van der Waals surface area contributed by atoms with Crippen molar-refractivity contribution in [3.63, 3.8) is 0 Å². The average Bonchev–Trinajstić information content (AvgIpc) is 2.89. The van der Waals surface area contributed by atoms with Crippen molar-refractivity contribution in [2.45, 2.75) is 38.0 Å². The highest BCUT2D eigenvalue weighted by molar-refractivity contribution is 5.98. The van der Waals surface area contributed by atoms with E-state index < -0.39 is 17.6 Å². The number of ether oxygens (including phenoxy) is 1. The Morgan fingerprint density at radius 2 is 1.95 bits per heavy atom. The standard InChI is InChI=1S/C13H15F3N2O2/c14-13(15,16)11-7-9(20-8-3-1-2-4-8)5-6-10(11)12(17)18-19/h5-8,19H,1-4H2,(H2,17,18). The smallest absolute Gasteiger partial charge is 0.417 e. The third-order valence-electron chi connectivity index (χ3n) is 3.29. The zero-order valence-electron chi connectivity index (χ0n) is 10.7. The summed E-state index contributed by atoms with van der Waals surface area (Å²) in [6.45, 7) is 0. The van der Waals surface area contributed by atoms with Gasteiger partial charge in [-0.1, -0.05) is 5.16 Å². The molecule has 0 aliphatic heterocycles. The molecule has 0 heterocycles. The summed E-state index contributed by atoms with van der Waals surface area (Å²) in [6, 6.07) is 3.45. The van der Waals surface area contributed by atoms with Gasteiger partial charge in [-0.2, -0.15) is 13.2 Å². The lowest BCUT2D eigenvalue weighted by Gasteiger charge is -2.17. The third-order valence-corrected chi connectivity index (χ3v) is 3.29. The van der Waals surface area contributed by atoms with E-state index in [1.165, 1.54) is 6.07 Å². The van der Waals surface area contributed by atoms with Crippen LogP contribution >= 0.6 is 0 Å². The molecule has 0 radical (unpaired) electrons. The second kappa shape index (κ2) is 5.60. The van der Waals surface area contributed by atoms with Crippen LogP contribution in [0.5, 0.6) is 5.75 Å². The highest BCUT2D eigenvalue weighted by Crippen LogP contribution is 2.35. The molecule has 4 nitrogen and oxygen atoms in total. The molecule has 3 N–H and O–H groups in total. The number of amidine groups is 1. The Labute approximate surface area is 114 Å². The zero-order valence-corrected chi connectivity index (χ0v) is 10.7. The van der Waals surface area contributed by atoms with Crippen molar-refractivity contribution in [1.29, 1.82) is 0 Å². The average molecular weight is 288 g/mol. The van der Waals surface area contributed by atoms with Crippen LogP contribution in [0.2, 0.25) is 0 Å². The van der Waals surface area contributed by atoms with Crippen LogP contribution in [-0.2, 0) is 6.18 Å². The van der Waals surface area contributed by atoms with Gasteiger partial charge in [0, 0.05) is 5.56 Å². The quantitative estimate of drug-likeness (QED) is 0.388. The van der Waals surface area contributed by atoms with Gasteiger partial charge >= 0.3 is 6.18 Å². The molecule has 0 spiro atoms. The molecule has 1 aliphatic carbocycles. The minimum atomic E-state index is -4.60. The van der Waals surface area contributed by atoms with Crippen LogP contribution in [0.25, 0.3) is 0 Å². The Morgan fingerprint density at radius 1 is 1.30 bits per heavy atom. The Kier molecular flexibility index (Phi) is 4.06. The summed E-state index contributed by atoms with van der Waals surface area (Å²) in [7, 11) is 0. The van der Waals surface area contributed by atoms with E-state index in [0.717, 1.165) is 37.8 Å². The first-order chi connectivity index (χ1) is 9.41. The van der Waals surface area contributed by atoms with Gasteiger partial charge in [0.25, 0.3) is 0 Å². The van der Waals surface area contributed by atoms with Crippen molar-refractivity contribution in [3.05, 3.63) is 29.3 Å². The highest BCUT2D eigenvalue weighted by Gasteiger charge is 2.35. The maximum absolute atomic E-state index is 13.0. The maximum Gasteiger partial charge on any atom is 0.417 e. The van der Waals surface area contributed by atoms with E-state index in [0.29, 0.717) is 0 Å². The Morgan fingerprint density at radius 3 is 2.50 bits per heavy atom. The van der Waals surface area contributed by atoms with Gasteiger partial charge in [-0.15, -0.1) is 0 Å². The first-order valence-corrected chi connectivity index (χ1v) is 6.27. The lowest BCUT2D eigenvalue weighted by molar-refractivity contribution is -0.137. The first-order valence-electron chi connectivity index (χ1n) is 6.27. The van der Waals surface area contributed by atoms with Crippen molar-refractivity contribution in [3.8, 4) is 5.75 Å². The van der Waals surface area contributed by atoms with E-state index >= 15 is 0 Å². The molecule has 0 atom stereocenters. The molecule has 1 fully saturated rings. The molecule has 0 unspecified atom stereocenters. The number of nitrogens with zero attached hydrogens (tertiary/aromatic N) is 1. The molecule has 0 amide bonds. The summed E-state index contributed by atoms with van der Waals surface area (Å²) in [4.78, 5) is 0. The van der Waals surface area contributed by atoms with Gasteiger partial charge < -0.3 is 15.7 Å². The van der Waals surface area contributed by atoms with Crippen molar-refractivity contribution in [2.75, 3.05) is 0 Å². The van der Waals surface area contributed by atoms with Gasteiger partial charge in [-0.3, -0.25) is 0 Å². The van der Waals surface area contributed by atoms with Crippen molar-refractivity contribution >= 4 is 5.84 Å². The highest BCUT2D eigenvalue weighted by atomic mass is 19.4. The van der Waals surface area contributed by atoms with Crippen LogP contribution < -0.4 is 10.5 Å². The van der Waals surface area contributed by atoms with E-state index in [1.807, 2.05) is 0 Å². The third kappa shape index (κ3) is 3.15. The maximum atomic E-state index is 13.0. The summed E-state index contributed by atoms with van der Waals surface area (Å²) < 4.78 is 44.5. The number of halogens is 3. The number of benzene rings is 1. The van der Waals surface area contributed by atoms with Crippen molar-refractivity contribution < 1.29 is 23.1 Å². The first kappa shape index (κ1) is 14.5. The Balaban J connectivity index is 2.33. The second-order valence-electron chi connectivity index (χ2n) is 4.71. The number of hydrogen-bond donors (Lipinski definition) is 2. The molecule has 0 saturated heterocycles. The van der Waals surface area contributed by atoms with Crippen molar-refractivity contribution in [2.24, 2.45) is 10.9 Å². The number of oxime groups is 1. The molecule has 110 valence electrons. The van der Waals surface area contributed by atoms with Crippen LogP contribution in [0.15, 0.2) is 23.4 Å². The lowest BCUT2D eigenvalue weighted by atomic mass is 10.1. The van der Waals surface area contributed by atoms with E-state index in [2.05, 4.69) is 5.16 Å². The van der Waals surface area contributed by atoms with E-state index in [9.17, 15) is 13.2 Å².